The van der Waals surface area contributed by atoms with Crippen molar-refractivity contribution in [2.75, 3.05) is 37.1 Å². The van der Waals surface area contributed by atoms with Crippen LogP contribution in [0.2, 0.25) is 0 Å². The highest BCUT2D eigenvalue weighted by Crippen LogP contribution is 2.47. The summed E-state index contributed by atoms with van der Waals surface area (Å²) in [7, 11) is 5.53. The van der Waals surface area contributed by atoms with Crippen molar-refractivity contribution in [3.05, 3.63) is 17.7 Å². The molecule has 2 aliphatic carbocycles. The van der Waals surface area contributed by atoms with E-state index in [1.165, 1.54) is 0 Å². The number of anilines is 3. The number of Topliss-reactive ketones (excluding diaryl/α,β-unsaturated/α-hetero) is 2. The van der Waals surface area contributed by atoms with Crippen molar-refractivity contribution in [2.24, 2.45) is 17.3 Å². The predicted octanol–water partition coefficient (Wildman–Crippen LogP) is 4.59. The van der Waals surface area contributed by atoms with Gasteiger partial charge in [-0.05, 0) is 64.5 Å². The van der Waals surface area contributed by atoms with Crippen molar-refractivity contribution in [1.82, 2.24) is 0 Å². The molecule has 3 atom stereocenters. The molecular formula is C26H39N3O4. The molecule has 0 spiro atoms. The van der Waals surface area contributed by atoms with Crippen LogP contribution in [0, 0.1) is 17.3 Å². The first kappa shape index (κ1) is 25.1. The van der Waals surface area contributed by atoms with Gasteiger partial charge in [0.15, 0.2) is 0 Å². The lowest BCUT2D eigenvalue weighted by atomic mass is 9.81. The molecule has 3 rings (SSSR count). The Morgan fingerprint density at radius 1 is 1.00 bits per heavy atom. The van der Waals surface area contributed by atoms with Crippen LogP contribution in [0.4, 0.5) is 17.1 Å². The number of benzene rings is 1. The van der Waals surface area contributed by atoms with Gasteiger partial charge < -0.3 is 20.7 Å². The number of rotatable bonds is 7. The maximum atomic E-state index is 13.8. The van der Waals surface area contributed by atoms with Crippen LogP contribution in [0.3, 0.4) is 0 Å². The van der Waals surface area contributed by atoms with E-state index in [1.54, 1.807) is 0 Å². The van der Waals surface area contributed by atoms with Gasteiger partial charge in [-0.3, -0.25) is 14.4 Å². The Balaban J connectivity index is 1.97. The molecule has 2 aliphatic rings. The third-order valence-corrected chi connectivity index (χ3v) is 7.07. The molecule has 7 heteroatoms. The average Bonchev–Trinajstić information content (AvgIpc) is 3.07. The first-order valence-electron chi connectivity index (χ1n) is 12.1. The van der Waals surface area contributed by atoms with Gasteiger partial charge in [-0.2, -0.15) is 0 Å². The smallest absolute Gasteiger partial charge is 0.311 e. The number of nitrogens with one attached hydrogen (secondary N) is 3. The minimum Gasteiger partial charge on any atom is -0.461 e. The van der Waals surface area contributed by atoms with Crippen molar-refractivity contribution in [1.29, 1.82) is 0 Å². The van der Waals surface area contributed by atoms with Gasteiger partial charge in [0, 0.05) is 62.5 Å². The summed E-state index contributed by atoms with van der Waals surface area (Å²) in [6.45, 7) is 5.49. The number of hydrogen-bond acceptors (Lipinski definition) is 7. The summed E-state index contributed by atoms with van der Waals surface area (Å²) >= 11 is 0. The summed E-state index contributed by atoms with van der Waals surface area (Å²) in [5.41, 5.74) is 2.79. The summed E-state index contributed by atoms with van der Waals surface area (Å²) < 4.78 is 6.02. The lowest BCUT2D eigenvalue weighted by molar-refractivity contribution is -0.159. The number of carbonyl (C=O) groups is 3. The highest BCUT2D eigenvalue weighted by molar-refractivity contribution is 5.95. The summed E-state index contributed by atoms with van der Waals surface area (Å²) in [5.74, 6) is -0.192. The normalized spacial score (nSPS) is 24.0. The van der Waals surface area contributed by atoms with E-state index in [-0.39, 0.29) is 17.7 Å². The van der Waals surface area contributed by atoms with Crippen LogP contribution >= 0.6 is 0 Å². The number of carbonyl (C=O) groups excluding carboxylic acids is 3. The largest absolute Gasteiger partial charge is 0.461 e. The van der Waals surface area contributed by atoms with E-state index < -0.39 is 17.4 Å². The first-order chi connectivity index (χ1) is 15.6. The number of ether oxygens (including phenoxy) is 1. The second kappa shape index (κ2) is 10.1. The van der Waals surface area contributed by atoms with E-state index >= 15 is 0 Å². The zero-order chi connectivity index (χ0) is 24.3. The Bertz CT molecular complexity index is 870. The summed E-state index contributed by atoms with van der Waals surface area (Å²) in [6, 6.07) is 3.96. The summed E-state index contributed by atoms with van der Waals surface area (Å²) in [6.07, 6.45) is 3.67. The zero-order valence-electron chi connectivity index (χ0n) is 20.8. The second-order valence-electron chi connectivity index (χ2n) is 10.5. The molecule has 0 aromatic heterocycles. The van der Waals surface area contributed by atoms with Crippen molar-refractivity contribution in [3.63, 3.8) is 0 Å². The number of esters is 1. The van der Waals surface area contributed by atoms with E-state index in [9.17, 15) is 14.4 Å². The molecule has 7 nitrogen and oxygen atoms in total. The molecule has 2 saturated carbocycles. The maximum Gasteiger partial charge on any atom is 0.311 e. The molecule has 33 heavy (non-hydrogen) atoms. The standard InChI is InChI=1S/C26H39N3O4/c1-26(2,3)25(32)33-21-12-16(11-15-7-9-18(30)10-8-15)24(31)23(21)22-19(28-5)13-17(27-4)14-20(22)29-6/h13-16,21,23,27-29H,7-12H2,1-6H3. The lowest BCUT2D eigenvalue weighted by Crippen LogP contribution is -2.31. The Morgan fingerprint density at radius 3 is 2.06 bits per heavy atom. The van der Waals surface area contributed by atoms with Gasteiger partial charge in [0.1, 0.15) is 17.7 Å². The van der Waals surface area contributed by atoms with Crippen LogP contribution in [0.15, 0.2) is 12.1 Å². The quantitative estimate of drug-likeness (QED) is 0.515. The molecule has 0 aliphatic heterocycles. The average molecular weight is 458 g/mol. The Hall–Kier alpha value is -2.57. The molecular weight excluding hydrogens is 418 g/mol. The van der Waals surface area contributed by atoms with Gasteiger partial charge in [0.2, 0.25) is 0 Å². The predicted molar refractivity (Wildman–Crippen MR) is 132 cm³/mol. The lowest BCUT2D eigenvalue weighted by Gasteiger charge is -2.27. The second-order valence-corrected chi connectivity index (χ2v) is 10.5. The van der Waals surface area contributed by atoms with Crippen molar-refractivity contribution < 1.29 is 19.1 Å². The van der Waals surface area contributed by atoms with Crippen molar-refractivity contribution in [2.45, 2.75) is 71.3 Å². The molecule has 2 fully saturated rings. The molecule has 3 unspecified atom stereocenters. The van der Waals surface area contributed by atoms with Gasteiger partial charge in [0.05, 0.1) is 11.3 Å². The van der Waals surface area contributed by atoms with E-state index in [4.69, 9.17) is 4.74 Å². The summed E-state index contributed by atoms with van der Waals surface area (Å²) in [4.78, 5) is 38.3. The fraction of sp³-hybridized carbons (Fsp3) is 0.654. The third-order valence-electron chi connectivity index (χ3n) is 7.07. The molecule has 1 aromatic rings. The van der Waals surface area contributed by atoms with E-state index in [1.807, 2.05) is 54.0 Å². The monoisotopic (exact) mass is 457 g/mol. The zero-order valence-corrected chi connectivity index (χ0v) is 20.8. The molecule has 0 amide bonds. The Labute approximate surface area is 197 Å². The topological polar surface area (TPSA) is 96.5 Å². The highest BCUT2D eigenvalue weighted by Gasteiger charge is 2.48. The van der Waals surface area contributed by atoms with Gasteiger partial charge in [0.25, 0.3) is 0 Å². The van der Waals surface area contributed by atoms with Crippen molar-refractivity contribution >= 4 is 34.6 Å². The summed E-state index contributed by atoms with van der Waals surface area (Å²) in [5, 5.41) is 9.63. The number of ketones is 2. The van der Waals surface area contributed by atoms with Crippen LogP contribution in [-0.2, 0) is 19.1 Å². The van der Waals surface area contributed by atoms with Gasteiger partial charge in [-0.15, -0.1) is 0 Å². The fourth-order valence-corrected chi connectivity index (χ4v) is 5.12. The SMILES string of the molecule is CNc1cc(NC)c(C2C(=O)C(CC3CCC(=O)CC3)CC2OC(=O)C(C)(C)C)c(NC)c1. The van der Waals surface area contributed by atoms with Gasteiger partial charge in [-0.25, -0.2) is 0 Å². The third kappa shape index (κ3) is 5.50. The number of hydrogen-bond donors (Lipinski definition) is 3. The van der Waals surface area contributed by atoms with Crippen LogP contribution in [0.5, 0.6) is 0 Å². The molecule has 0 radical (unpaired) electrons. The Kier molecular flexibility index (Phi) is 7.70. The molecule has 182 valence electrons. The molecule has 1 aromatic carbocycles. The first-order valence-corrected chi connectivity index (χ1v) is 12.1. The highest BCUT2D eigenvalue weighted by atomic mass is 16.5. The van der Waals surface area contributed by atoms with Gasteiger partial charge in [-0.1, -0.05) is 0 Å². The fourth-order valence-electron chi connectivity index (χ4n) is 5.12. The molecule has 0 saturated heterocycles. The van der Waals surface area contributed by atoms with Crippen LogP contribution < -0.4 is 16.0 Å². The minimum atomic E-state index is -0.650. The minimum absolute atomic E-state index is 0.129. The van der Waals surface area contributed by atoms with Crippen LogP contribution in [0.25, 0.3) is 0 Å². The van der Waals surface area contributed by atoms with E-state index in [2.05, 4.69) is 16.0 Å². The maximum absolute atomic E-state index is 13.8. The van der Waals surface area contributed by atoms with Crippen molar-refractivity contribution in [3.8, 4) is 0 Å². The molecule has 0 heterocycles. The van der Waals surface area contributed by atoms with Gasteiger partial charge >= 0.3 is 5.97 Å². The van der Waals surface area contributed by atoms with Crippen LogP contribution in [0.1, 0.15) is 70.8 Å². The Morgan fingerprint density at radius 2 is 1.58 bits per heavy atom. The molecule has 0 bridgehead atoms. The molecule has 3 N–H and O–H groups in total. The van der Waals surface area contributed by atoms with E-state index in [0.29, 0.717) is 31.0 Å². The van der Waals surface area contributed by atoms with E-state index in [0.717, 1.165) is 41.9 Å². The van der Waals surface area contributed by atoms with Crippen LogP contribution in [-0.4, -0.2) is 44.8 Å².